The summed E-state index contributed by atoms with van der Waals surface area (Å²) in [5, 5.41) is 5.32. The van der Waals surface area contributed by atoms with Gasteiger partial charge >= 0.3 is 11.9 Å². The smallest absolute Gasteiger partial charge is 0.313 e. The van der Waals surface area contributed by atoms with E-state index in [1.807, 2.05) is 19.1 Å². The molecule has 0 aliphatic heterocycles. The Morgan fingerprint density at radius 3 is 1.86 bits per heavy atom. The first kappa shape index (κ1) is 25.9. The van der Waals surface area contributed by atoms with Crippen LogP contribution < -0.4 is 10.6 Å². The number of carbonyl (C=O) groups excluding carboxylic acids is 4. The minimum atomic E-state index is -1.56. The number of hydrogen-bond donors (Lipinski definition) is 2. The zero-order valence-electron chi connectivity index (χ0n) is 20.9. The molecule has 35 heavy (non-hydrogen) atoms. The Morgan fingerprint density at radius 2 is 1.37 bits per heavy atom. The lowest BCUT2D eigenvalue weighted by Gasteiger charge is -2.60. The van der Waals surface area contributed by atoms with Crippen LogP contribution in [0.1, 0.15) is 30.5 Å². The topological polar surface area (TPSA) is 111 Å². The molecule has 8 nitrogen and oxygen atoms in total. The van der Waals surface area contributed by atoms with Crippen LogP contribution in [-0.4, -0.2) is 45.0 Å². The number of aryl methyl sites for hydroxylation is 1. The van der Waals surface area contributed by atoms with E-state index in [1.54, 1.807) is 12.1 Å². The van der Waals surface area contributed by atoms with Gasteiger partial charge in [0.2, 0.25) is 11.8 Å². The Morgan fingerprint density at radius 1 is 0.829 bits per heavy atom. The minimum absolute atomic E-state index is 0.509. The predicted molar refractivity (Wildman–Crippen MR) is 130 cm³/mol. The molecule has 2 amide bonds. The van der Waals surface area contributed by atoms with Crippen molar-refractivity contribution in [2.75, 3.05) is 26.6 Å². The molecular formula is C27H32N2O6. The van der Waals surface area contributed by atoms with Crippen molar-refractivity contribution in [2.45, 2.75) is 27.2 Å². The van der Waals surface area contributed by atoms with Crippen molar-refractivity contribution in [3.63, 3.8) is 0 Å². The van der Waals surface area contributed by atoms with Gasteiger partial charge in [-0.15, -0.1) is 0 Å². The molecule has 1 aliphatic carbocycles. The molecule has 4 unspecified atom stereocenters. The molecule has 2 N–H and O–H groups in total. The molecule has 2 aromatic rings. The van der Waals surface area contributed by atoms with Crippen molar-refractivity contribution in [2.24, 2.45) is 22.7 Å². The highest BCUT2D eigenvalue weighted by molar-refractivity contribution is 6.08. The maximum Gasteiger partial charge on any atom is 0.313 e. The SMILES string of the molecule is CNC(=O)C1C(C)(C(=O)Nc2ccc(Cc3ccc(C)cc3)cc2)C(C(=O)OC)C1(C)C(=O)OC. The number of esters is 2. The van der Waals surface area contributed by atoms with E-state index in [4.69, 9.17) is 9.47 Å². The van der Waals surface area contributed by atoms with Gasteiger partial charge in [-0.3, -0.25) is 19.2 Å². The molecule has 0 spiro atoms. The summed E-state index contributed by atoms with van der Waals surface area (Å²) in [5.74, 6) is -4.97. The van der Waals surface area contributed by atoms with Gasteiger partial charge in [-0.1, -0.05) is 42.0 Å². The van der Waals surface area contributed by atoms with Crippen LogP contribution in [0.3, 0.4) is 0 Å². The quantitative estimate of drug-likeness (QED) is 0.590. The summed E-state index contributed by atoms with van der Waals surface area (Å²) in [6, 6.07) is 15.6. The lowest BCUT2D eigenvalue weighted by molar-refractivity contribution is -0.219. The van der Waals surface area contributed by atoms with Gasteiger partial charge in [-0.2, -0.15) is 0 Å². The highest BCUT2D eigenvalue weighted by Gasteiger charge is 2.78. The Labute approximate surface area is 205 Å². The van der Waals surface area contributed by atoms with Crippen molar-refractivity contribution in [3.8, 4) is 0 Å². The summed E-state index contributed by atoms with van der Waals surface area (Å²) in [6.45, 7) is 4.99. The molecule has 0 bridgehead atoms. The molecular weight excluding hydrogens is 448 g/mol. The van der Waals surface area contributed by atoms with Gasteiger partial charge in [0.25, 0.3) is 0 Å². The van der Waals surface area contributed by atoms with Crippen molar-refractivity contribution in [3.05, 3.63) is 65.2 Å². The molecule has 2 aromatic carbocycles. The number of hydrogen-bond acceptors (Lipinski definition) is 6. The van der Waals surface area contributed by atoms with E-state index in [1.165, 1.54) is 46.2 Å². The first-order valence-corrected chi connectivity index (χ1v) is 11.4. The number of carbonyl (C=O) groups is 4. The van der Waals surface area contributed by atoms with Crippen LogP contribution in [0.25, 0.3) is 0 Å². The van der Waals surface area contributed by atoms with Gasteiger partial charge in [0, 0.05) is 12.7 Å². The Hall–Kier alpha value is -3.68. The molecule has 0 saturated heterocycles. The maximum absolute atomic E-state index is 13.5. The summed E-state index contributed by atoms with van der Waals surface area (Å²) in [4.78, 5) is 51.8. The second kappa shape index (κ2) is 9.90. The summed E-state index contributed by atoms with van der Waals surface area (Å²) in [5.41, 5.74) is 0.832. The van der Waals surface area contributed by atoms with E-state index in [0.29, 0.717) is 5.69 Å². The lowest BCUT2D eigenvalue weighted by atomic mass is 9.39. The van der Waals surface area contributed by atoms with Gasteiger partial charge in [-0.05, 0) is 50.5 Å². The number of anilines is 1. The first-order chi connectivity index (χ1) is 16.5. The van der Waals surface area contributed by atoms with Gasteiger partial charge in [0.15, 0.2) is 0 Å². The second-order valence-electron chi connectivity index (χ2n) is 9.37. The molecule has 0 heterocycles. The van der Waals surface area contributed by atoms with Crippen molar-refractivity contribution >= 4 is 29.4 Å². The Kier molecular flexibility index (Phi) is 7.33. The highest BCUT2D eigenvalue weighted by atomic mass is 16.5. The third kappa shape index (κ3) is 4.40. The average molecular weight is 481 g/mol. The van der Waals surface area contributed by atoms with E-state index in [9.17, 15) is 19.2 Å². The van der Waals surface area contributed by atoms with Crippen molar-refractivity contribution < 1.29 is 28.7 Å². The zero-order chi connectivity index (χ0) is 26.0. The minimum Gasteiger partial charge on any atom is -0.469 e. The molecule has 0 aromatic heterocycles. The lowest BCUT2D eigenvalue weighted by Crippen LogP contribution is -2.74. The summed E-state index contributed by atoms with van der Waals surface area (Å²) in [6.07, 6.45) is 0.743. The van der Waals surface area contributed by atoms with Crippen LogP contribution >= 0.6 is 0 Å². The molecule has 3 rings (SSSR count). The highest BCUT2D eigenvalue weighted by Crippen LogP contribution is 2.65. The zero-order valence-corrected chi connectivity index (χ0v) is 20.9. The summed E-state index contributed by atoms with van der Waals surface area (Å²) < 4.78 is 9.83. The van der Waals surface area contributed by atoms with Crippen molar-refractivity contribution in [1.82, 2.24) is 5.32 Å². The molecule has 1 saturated carbocycles. The monoisotopic (exact) mass is 480 g/mol. The number of nitrogens with one attached hydrogen (secondary N) is 2. The molecule has 8 heteroatoms. The predicted octanol–water partition coefficient (Wildman–Crippen LogP) is 2.87. The van der Waals surface area contributed by atoms with Crippen molar-refractivity contribution in [1.29, 1.82) is 0 Å². The van der Waals surface area contributed by atoms with Crippen LogP contribution in [0, 0.1) is 29.6 Å². The molecule has 186 valence electrons. The molecule has 1 aliphatic rings. The van der Waals surface area contributed by atoms with Gasteiger partial charge in [0.05, 0.1) is 36.9 Å². The number of methoxy groups -OCH3 is 2. The third-order valence-corrected chi connectivity index (χ3v) is 7.20. The second-order valence-corrected chi connectivity index (χ2v) is 9.37. The summed E-state index contributed by atoms with van der Waals surface area (Å²) in [7, 11) is 3.77. The number of benzene rings is 2. The number of rotatable bonds is 7. The molecule has 4 atom stereocenters. The van der Waals surface area contributed by atoms with Crippen LogP contribution in [-0.2, 0) is 35.1 Å². The maximum atomic E-state index is 13.5. The molecule has 0 radical (unpaired) electrons. The van der Waals surface area contributed by atoms with E-state index in [0.717, 1.165) is 12.0 Å². The van der Waals surface area contributed by atoms with Crippen LogP contribution in [0.4, 0.5) is 5.69 Å². The number of amides is 2. The van der Waals surface area contributed by atoms with Gasteiger partial charge in [-0.25, -0.2) is 0 Å². The molecule has 1 fully saturated rings. The fraction of sp³-hybridized carbons (Fsp3) is 0.407. The Bertz CT molecular complexity index is 1100. The normalized spacial score (nSPS) is 25.1. The first-order valence-electron chi connectivity index (χ1n) is 11.4. The van der Waals surface area contributed by atoms with E-state index in [-0.39, 0.29) is 0 Å². The average Bonchev–Trinajstić information content (AvgIpc) is 2.85. The standard InChI is InChI=1S/C27H32N2O6/c1-16-7-9-17(10-8-16)15-18-11-13-19(14-12-18)29-24(32)26(2)20(22(30)28-4)27(3,25(33)35-6)21(26)23(31)34-5/h7-14,20-21H,15H2,1-6H3,(H,28,30)(H,29,32). The van der Waals surface area contributed by atoms with E-state index < -0.39 is 46.4 Å². The van der Waals surface area contributed by atoms with E-state index >= 15 is 0 Å². The van der Waals surface area contributed by atoms with Crippen LogP contribution in [0.2, 0.25) is 0 Å². The van der Waals surface area contributed by atoms with Gasteiger partial charge in [0.1, 0.15) is 0 Å². The Balaban J connectivity index is 1.87. The summed E-state index contributed by atoms with van der Waals surface area (Å²) >= 11 is 0. The largest absolute Gasteiger partial charge is 0.469 e. The third-order valence-electron chi connectivity index (χ3n) is 7.20. The fourth-order valence-electron chi connectivity index (χ4n) is 5.41. The van der Waals surface area contributed by atoms with Crippen LogP contribution in [0.5, 0.6) is 0 Å². The fourth-order valence-corrected chi connectivity index (χ4v) is 5.41. The van der Waals surface area contributed by atoms with E-state index in [2.05, 4.69) is 34.9 Å². The van der Waals surface area contributed by atoms with Gasteiger partial charge < -0.3 is 20.1 Å². The van der Waals surface area contributed by atoms with Crippen LogP contribution in [0.15, 0.2) is 48.5 Å². The number of ether oxygens (including phenoxy) is 2.